The van der Waals surface area contributed by atoms with Crippen LogP contribution in [0.15, 0.2) is 18.3 Å². The molecule has 1 N–H and O–H groups in total. The van der Waals surface area contributed by atoms with Crippen LogP contribution in [0, 0.1) is 0 Å². The highest BCUT2D eigenvalue weighted by atomic mass is 19.4. The number of nitrogens with zero attached hydrogens (tertiary/aromatic N) is 2. The van der Waals surface area contributed by atoms with E-state index in [0.29, 0.717) is 12.2 Å². The molecule has 106 valence electrons. The van der Waals surface area contributed by atoms with Gasteiger partial charge in [-0.3, -0.25) is 4.98 Å². The number of hydrogen-bond donors (Lipinski definition) is 1. The lowest BCUT2D eigenvalue weighted by atomic mass is 9.96. The second kappa shape index (κ2) is 4.67. The summed E-state index contributed by atoms with van der Waals surface area (Å²) in [5, 5.41) is 10.1. The quantitative estimate of drug-likeness (QED) is 0.901. The standard InChI is InChI=1S/C13H17F3N2O/c1-12(2,19)11-4-3-7-18(11)9-5-6-17-10(8-9)13(14,15)16/h5-6,8,11,19H,3-4,7H2,1-2H3. The van der Waals surface area contributed by atoms with Crippen molar-refractivity contribution in [1.82, 2.24) is 4.98 Å². The Morgan fingerprint density at radius 3 is 2.63 bits per heavy atom. The Morgan fingerprint density at radius 1 is 1.37 bits per heavy atom. The van der Waals surface area contributed by atoms with Gasteiger partial charge in [0.15, 0.2) is 0 Å². The van der Waals surface area contributed by atoms with E-state index in [2.05, 4.69) is 4.98 Å². The highest BCUT2D eigenvalue weighted by molar-refractivity contribution is 5.49. The molecule has 3 nitrogen and oxygen atoms in total. The molecule has 1 atom stereocenters. The Balaban J connectivity index is 2.32. The van der Waals surface area contributed by atoms with E-state index in [0.717, 1.165) is 25.1 Å². The van der Waals surface area contributed by atoms with Gasteiger partial charge in [-0.05, 0) is 38.8 Å². The normalized spacial score (nSPS) is 20.9. The van der Waals surface area contributed by atoms with Gasteiger partial charge in [0.05, 0.1) is 11.6 Å². The lowest BCUT2D eigenvalue weighted by Crippen LogP contribution is -2.45. The second-order valence-electron chi connectivity index (χ2n) is 5.40. The Hall–Kier alpha value is -1.30. The average molecular weight is 274 g/mol. The lowest BCUT2D eigenvalue weighted by Gasteiger charge is -2.35. The van der Waals surface area contributed by atoms with Crippen LogP contribution in [-0.4, -0.2) is 28.3 Å². The monoisotopic (exact) mass is 274 g/mol. The van der Waals surface area contributed by atoms with Gasteiger partial charge in [-0.25, -0.2) is 0 Å². The van der Waals surface area contributed by atoms with Crippen molar-refractivity contribution in [3.8, 4) is 0 Å². The number of rotatable bonds is 2. The zero-order chi connectivity index (χ0) is 14.3. The summed E-state index contributed by atoms with van der Waals surface area (Å²) in [7, 11) is 0. The van der Waals surface area contributed by atoms with Crippen molar-refractivity contribution >= 4 is 5.69 Å². The SMILES string of the molecule is CC(C)(O)C1CCCN1c1ccnc(C(F)(F)F)c1. The van der Waals surface area contributed by atoms with Crippen LogP contribution in [-0.2, 0) is 6.18 Å². The topological polar surface area (TPSA) is 36.4 Å². The van der Waals surface area contributed by atoms with E-state index in [1.165, 1.54) is 0 Å². The van der Waals surface area contributed by atoms with E-state index in [1.54, 1.807) is 19.9 Å². The fourth-order valence-corrected chi connectivity index (χ4v) is 2.56. The molecule has 1 fully saturated rings. The van der Waals surface area contributed by atoms with Gasteiger partial charge in [0.25, 0.3) is 0 Å². The molecule has 2 rings (SSSR count). The lowest BCUT2D eigenvalue weighted by molar-refractivity contribution is -0.141. The van der Waals surface area contributed by atoms with Gasteiger partial charge in [-0.1, -0.05) is 0 Å². The minimum Gasteiger partial charge on any atom is -0.388 e. The number of aromatic nitrogens is 1. The molecule has 0 amide bonds. The Kier molecular flexibility index (Phi) is 3.47. The minimum atomic E-state index is -4.44. The average Bonchev–Trinajstić information content (AvgIpc) is 2.76. The smallest absolute Gasteiger partial charge is 0.388 e. The predicted octanol–water partition coefficient (Wildman–Crippen LogP) is 2.84. The van der Waals surface area contributed by atoms with E-state index in [9.17, 15) is 18.3 Å². The van der Waals surface area contributed by atoms with Crippen molar-refractivity contribution in [3.63, 3.8) is 0 Å². The first-order valence-corrected chi connectivity index (χ1v) is 6.22. The van der Waals surface area contributed by atoms with Gasteiger partial charge in [0, 0.05) is 18.4 Å². The summed E-state index contributed by atoms with van der Waals surface area (Å²) in [6.07, 6.45) is -1.65. The van der Waals surface area contributed by atoms with Crippen molar-refractivity contribution in [1.29, 1.82) is 0 Å². The fraction of sp³-hybridized carbons (Fsp3) is 0.615. The summed E-state index contributed by atoms with van der Waals surface area (Å²) in [6, 6.07) is 2.43. The molecule has 2 heterocycles. The molecule has 6 heteroatoms. The van der Waals surface area contributed by atoms with Crippen LogP contribution in [0.4, 0.5) is 18.9 Å². The molecule has 19 heavy (non-hydrogen) atoms. The van der Waals surface area contributed by atoms with Crippen LogP contribution in [0.1, 0.15) is 32.4 Å². The van der Waals surface area contributed by atoms with Crippen molar-refractivity contribution in [2.75, 3.05) is 11.4 Å². The van der Waals surface area contributed by atoms with Gasteiger partial charge in [0.1, 0.15) is 5.69 Å². The third kappa shape index (κ3) is 3.00. The van der Waals surface area contributed by atoms with Crippen LogP contribution in [0.3, 0.4) is 0 Å². The fourth-order valence-electron chi connectivity index (χ4n) is 2.56. The molecule has 0 spiro atoms. The van der Waals surface area contributed by atoms with Crippen LogP contribution < -0.4 is 4.90 Å². The summed E-state index contributed by atoms with van der Waals surface area (Å²) in [5.41, 5.74) is -1.38. The Morgan fingerprint density at radius 2 is 2.05 bits per heavy atom. The molecular formula is C13H17F3N2O. The molecule has 0 bridgehead atoms. The second-order valence-corrected chi connectivity index (χ2v) is 5.40. The zero-order valence-corrected chi connectivity index (χ0v) is 10.9. The zero-order valence-electron chi connectivity index (χ0n) is 10.9. The van der Waals surface area contributed by atoms with E-state index in [-0.39, 0.29) is 6.04 Å². The number of pyridine rings is 1. The van der Waals surface area contributed by atoms with Crippen LogP contribution in [0.2, 0.25) is 0 Å². The van der Waals surface area contributed by atoms with Gasteiger partial charge in [-0.15, -0.1) is 0 Å². The first-order chi connectivity index (χ1) is 8.69. The summed E-state index contributed by atoms with van der Waals surface area (Å²) in [5.74, 6) is 0. The van der Waals surface area contributed by atoms with E-state index < -0.39 is 17.5 Å². The van der Waals surface area contributed by atoms with Crippen LogP contribution in [0.25, 0.3) is 0 Å². The maximum Gasteiger partial charge on any atom is 0.433 e. The van der Waals surface area contributed by atoms with E-state index in [1.807, 2.05) is 4.90 Å². The highest BCUT2D eigenvalue weighted by Gasteiger charge is 2.38. The van der Waals surface area contributed by atoms with Gasteiger partial charge in [-0.2, -0.15) is 13.2 Å². The third-order valence-electron chi connectivity index (χ3n) is 3.43. The van der Waals surface area contributed by atoms with E-state index in [4.69, 9.17) is 0 Å². The number of alkyl halides is 3. The maximum atomic E-state index is 12.7. The number of anilines is 1. The highest BCUT2D eigenvalue weighted by Crippen LogP contribution is 2.34. The molecule has 0 radical (unpaired) electrons. The largest absolute Gasteiger partial charge is 0.433 e. The molecule has 1 aromatic rings. The summed E-state index contributed by atoms with van der Waals surface area (Å²) < 4.78 is 38.0. The molecule has 0 aromatic carbocycles. The molecular weight excluding hydrogens is 257 g/mol. The van der Waals surface area contributed by atoms with E-state index >= 15 is 0 Å². The van der Waals surface area contributed by atoms with Crippen LogP contribution in [0.5, 0.6) is 0 Å². The van der Waals surface area contributed by atoms with Gasteiger partial charge >= 0.3 is 6.18 Å². The molecule has 1 aromatic heterocycles. The third-order valence-corrected chi connectivity index (χ3v) is 3.43. The molecule has 1 saturated heterocycles. The molecule has 1 aliphatic heterocycles. The number of halogens is 3. The van der Waals surface area contributed by atoms with Crippen molar-refractivity contribution < 1.29 is 18.3 Å². The summed E-state index contributed by atoms with van der Waals surface area (Å²) >= 11 is 0. The minimum absolute atomic E-state index is 0.170. The number of hydrogen-bond acceptors (Lipinski definition) is 3. The Bertz CT molecular complexity index is 454. The summed E-state index contributed by atoms with van der Waals surface area (Å²) in [4.78, 5) is 5.19. The molecule has 1 unspecified atom stereocenters. The molecule has 1 aliphatic rings. The van der Waals surface area contributed by atoms with Gasteiger partial charge < -0.3 is 10.0 Å². The summed E-state index contributed by atoms with van der Waals surface area (Å²) in [6.45, 7) is 4.01. The van der Waals surface area contributed by atoms with Crippen LogP contribution >= 0.6 is 0 Å². The molecule has 0 aliphatic carbocycles. The first-order valence-electron chi connectivity index (χ1n) is 6.22. The number of aliphatic hydroxyl groups is 1. The van der Waals surface area contributed by atoms with Gasteiger partial charge in [0.2, 0.25) is 0 Å². The first kappa shape index (κ1) is 14.1. The van der Waals surface area contributed by atoms with Crippen molar-refractivity contribution in [3.05, 3.63) is 24.0 Å². The van der Waals surface area contributed by atoms with Crippen molar-refractivity contribution in [2.45, 2.75) is 44.5 Å². The maximum absolute atomic E-state index is 12.7. The molecule has 0 saturated carbocycles. The van der Waals surface area contributed by atoms with Crippen molar-refractivity contribution in [2.24, 2.45) is 0 Å². The predicted molar refractivity (Wildman–Crippen MR) is 65.9 cm³/mol. The Labute approximate surface area is 110 Å².